The molecule has 2 aromatic heterocycles. The van der Waals surface area contributed by atoms with Crippen LogP contribution in [-0.4, -0.2) is 25.9 Å². The first-order valence-corrected chi connectivity index (χ1v) is 8.27. The van der Waals surface area contributed by atoms with Crippen molar-refractivity contribution in [2.45, 2.75) is 33.5 Å². The van der Waals surface area contributed by atoms with Crippen LogP contribution < -0.4 is 5.32 Å². The summed E-state index contributed by atoms with van der Waals surface area (Å²) in [6, 6.07) is 7.48. The van der Waals surface area contributed by atoms with Gasteiger partial charge in [-0.3, -0.25) is 14.6 Å². The lowest BCUT2D eigenvalue weighted by molar-refractivity contribution is -0.144. The molecule has 1 amide bonds. The summed E-state index contributed by atoms with van der Waals surface area (Å²) >= 11 is 0. The predicted molar refractivity (Wildman–Crippen MR) is 94.4 cm³/mol. The highest BCUT2D eigenvalue weighted by Crippen LogP contribution is 2.32. The molecule has 0 aliphatic carbocycles. The van der Waals surface area contributed by atoms with Crippen LogP contribution in [0.4, 0.5) is 19.0 Å². The fraction of sp³-hybridized carbons (Fsp3) is 0.278. The van der Waals surface area contributed by atoms with Crippen LogP contribution in [0.25, 0.3) is 11.3 Å². The van der Waals surface area contributed by atoms with Crippen LogP contribution in [0.1, 0.15) is 34.1 Å². The van der Waals surface area contributed by atoms with Crippen LogP contribution in [0.2, 0.25) is 0 Å². The minimum Gasteiger partial charge on any atom is -0.305 e. The van der Waals surface area contributed by atoms with E-state index in [2.05, 4.69) is 20.6 Å². The molecule has 2 heterocycles. The first-order chi connectivity index (χ1) is 12.7. The Kier molecular flexibility index (Phi) is 4.77. The average molecular weight is 377 g/mol. The Morgan fingerprint density at radius 1 is 1.19 bits per heavy atom. The smallest absolute Gasteiger partial charge is 0.305 e. The highest BCUT2D eigenvalue weighted by Gasteiger charge is 2.39. The fourth-order valence-electron chi connectivity index (χ4n) is 2.94. The molecule has 0 fully saturated rings. The summed E-state index contributed by atoms with van der Waals surface area (Å²) in [5.41, 5.74) is 2.03. The Hall–Kier alpha value is -3.10. The molecule has 0 atom stereocenters. The number of aromatic nitrogens is 4. The van der Waals surface area contributed by atoms with E-state index in [0.717, 1.165) is 27.6 Å². The summed E-state index contributed by atoms with van der Waals surface area (Å²) in [4.78, 5) is 12.3. The molecule has 0 unspecified atom stereocenters. The summed E-state index contributed by atoms with van der Waals surface area (Å²) < 4.78 is 40.6. The summed E-state index contributed by atoms with van der Waals surface area (Å²) in [6.07, 6.45) is -3.77. The van der Waals surface area contributed by atoms with E-state index in [1.165, 1.54) is 6.92 Å². The van der Waals surface area contributed by atoms with Gasteiger partial charge in [0.2, 0.25) is 0 Å². The van der Waals surface area contributed by atoms with Crippen molar-refractivity contribution in [1.82, 2.24) is 20.0 Å². The van der Waals surface area contributed by atoms with E-state index in [1.54, 1.807) is 6.07 Å². The number of rotatable bonds is 4. The molecule has 0 bridgehead atoms. The van der Waals surface area contributed by atoms with Crippen molar-refractivity contribution in [1.29, 1.82) is 0 Å². The number of nitrogens with zero attached hydrogens (tertiary/aromatic N) is 3. The molecule has 0 saturated carbocycles. The van der Waals surface area contributed by atoms with Gasteiger partial charge in [-0.25, -0.2) is 0 Å². The second kappa shape index (κ2) is 6.90. The normalized spacial score (nSPS) is 11.6. The second-order valence-corrected chi connectivity index (χ2v) is 6.22. The van der Waals surface area contributed by atoms with Gasteiger partial charge in [0.25, 0.3) is 5.91 Å². The Morgan fingerprint density at radius 3 is 2.44 bits per heavy atom. The highest BCUT2D eigenvalue weighted by atomic mass is 19.4. The zero-order chi connectivity index (χ0) is 19.8. The van der Waals surface area contributed by atoms with Crippen molar-refractivity contribution in [2.75, 3.05) is 5.32 Å². The second-order valence-electron chi connectivity index (χ2n) is 6.22. The Morgan fingerprint density at radius 2 is 1.85 bits per heavy atom. The average Bonchev–Trinajstić information content (AvgIpc) is 3.19. The molecule has 6 nitrogen and oxygen atoms in total. The van der Waals surface area contributed by atoms with E-state index < -0.39 is 23.3 Å². The zero-order valence-electron chi connectivity index (χ0n) is 15.0. The maximum Gasteiger partial charge on any atom is 0.433 e. The molecule has 1 aromatic carbocycles. The van der Waals surface area contributed by atoms with Gasteiger partial charge in [-0.2, -0.15) is 23.4 Å². The van der Waals surface area contributed by atoms with Gasteiger partial charge in [0.05, 0.1) is 17.5 Å². The number of H-pyrrole nitrogens is 1. The SMILES string of the molecule is CCn1ncc(C(=O)Nc2cc(-c3cc(C)cc(C)c3)[nH]n2)c1C(F)(F)F. The number of benzene rings is 1. The Bertz CT molecular complexity index is 967. The highest BCUT2D eigenvalue weighted by molar-refractivity contribution is 6.04. The number of anilines is 1. The first kappa shape index (κ1) is 18.7. The van der Waals surface area contributed by atoms with Gasteiger partial charge >= 0.3 is 6.18 Å². The third-order valence-electron chi connectivity index (χ3n) is 4.00. The number of aromatic amines is 1. The van der Waals surface area contributed by atoms with Crippen molar-refractivity contribution >= 4 is 11.7 Å². The van der Waals surface area contributed by atoms with Crippen molar-refractivity contribution in [3.05, 3.63) is 52.8 Å². The number of alkyl halides is 3. The molecule has 0 saturated heterocycles. The third-order valence-corrected chi connectivity index (χ3v) is 4.00. The predicted octanol–water partition coefficient (Wildman–Crippen LogP) is 4.18. The van der Waals surface area contributed by atoms with E-state index in [4.69, 9.17) is 0 Å². The largest absolute Gasteiger partial charge is 0.433 e. The van der Waals surface area contributed by atoms with E-state index in [0.29, 0.717) is 5.69 Å². The molecule has 0 aliphatic rings. The van der Waals surface area contributed by atoms with Crippen molar-refractivity contribution in [2.24, 2.45) is 0 Å². The van der Waals surface area contributed by atoms with Gasteiger partial charge in [0.15, 0.2) is 11.5 Å². The topological polar surface area (TPSA) is 75.6 Å². The molecule has 3 rings (SSSR count). The van der Waals surface area contributed by atoms with Crippen LogP contribution in [0.15, 0.2) is 30.5 Å². The molecule has 9 heteroatoms. The van der Waals surface area contributed by atoms with E-state index in [-0.39, 0.29) is 12.4 Å². The minimum absolute atomic E-state index is 0.00137. The van der Waals surface area contributed by atoms with Crippen LogP contribution in [0.5, 0.6) is 0 Å². The number of carbonyl (C=O) groups excluding carboxylic acids is 1. The van der Waals surface area contributed by atoms with Crippen LogP contribution in [0.3, 0.4) is 0 Å². The van der Waals surface area contributed by atoms with E-state index in [1.807, 2.05) is 32.0 Å². The van der Waals surface area contributed by atoms with Gasteiger partial charge in [-0.1, -0.05) is 17.2 Å². The summed E-state index contributed by atoms with van der Waals surface area (Å²) in [7, 11) is 0. The molecular formula is C18H18F3N5O. The number of nitrogens with one attached hydrogen (secondary N) is 2. The van der Waals surface area contributed by atoms with Crippen molar-refractivity contribution < 1.29 is 18.0 Å². The van der Waals surface area contributed by atoms with Crippen LogP contribution in [0, 0.1) is 13.8 Å². The number of hydrogen-bond donors (Lipinski definition) is 2. The first-order valence-electron chi connectivity index (χ1n) is 8.27. The third kappa shape index (κ3) is 3.86. The molecule has 27 heavy (non-hydrogen) atoms. The maximum absolute atomic E-state index is 13.3. The van der Waals surface area contributed by atoms with Crippen molar-refractivity contribution in [3.8, 4) is 11.3 Å². The monoisotopic (exact) mass is 377 g/mol. The quantitative estimate of drug-likeness (QED) is 0.716. The summed E-state index contributed by atoms with van der Waals surface area (Å²) in [6.45, 7) is 5.44. The van der Waals surface area contributed by atoms with Crippen LogP contribution >= 0.6 is 0 Å². The van der Waals surface area contributed by atoms with Gasteiger partial charge in [-0.15, -0.1) is 0 Å². The molecule has 3 aromatic rings. The lowest BCUT2D eigenvalue weighted by Gasteiger charge is -2.10. The summed E-state index contributed by atoms with van der Waals surface area (Å²) in [5.74, 6) is -0.785. The molecule has 0 aliphatic heterocycles. The summed E-state index contributed by atoms with van der Waals surface area (Å²) in [5, 5.41) is 12.8. The van der Waals surface area contributed by atoms with Crippen LogP contribution in [-0.2, 0) is 12.7 Å². The van der Waals surface area contributed by atoms with E-state index in [9.17, 15) is 18.0 Å². The molecule has 2 N–H and O–H groups in total. The number of hydrogen-bond acceptors (Lipinski definition) is 3. The molecule has 142 valence electrons. The number of aryl methyl sites for hydroxylation is 3. The lowest BCUT2D eigenvalue weighted by Crippen LogP contribution is -2.21. The van der Waals surface area contributed by atoms with Gasteiger partial charge in [0.1, 0.15) is 0 Å². The lowest BCUT2D eigenvalue weighted by atomic mass is 10.1. The van der Waals surface area contributed by atoms with Gasteiger partial charge < -0.3 is 5.32 Å². The standard InChI is InChI=1S/C18H18F3N5O/c1-4-26-16(18(19,20)21)13(9-22-26)17(27)23-15-8-14(24-25-15)12-6-10(2)5-11(3)7-12/h5-9H,4H2,1-3H3,(H2,23,24,25,27). The minimum atomic E-state index is -4.69. The maximum atomic E-state index is 13.3. The molecule has 0 spiro atoms. The fourth-order valence-corrected chi connectivity index (χ4v) is 2.94. The number of halogens is 3. The molecule has 0 radical (unpaired) electrons. The Balaban J connectivity index is 1.86. The number of carbonyl (C=O) groups is 1. The molecular weight excluding hydrogens is 359 g/mol. The van der Waals surface area contributed by atoms with Crippen molar-refractivity contribution in [3.63, 3.8) is 0 Å². The van der Waals surface area contributed by atoms with Gasteiger partial charge in [0, 0.05) is 18.2 Å². The zero-order valence-corrected chi connectivity index (χ0v) is 15.0. The van der Waals surface area contributed by atoms with E-state index >= 15 is 0 Å². The van der Waals surface area contributed by atoms with Gasteiger partial charge in [-0.05, 0) is 32.9 Å². The Labute approximate surface area is 153 Å². The number of amides is 1.